The lowest BCUT2D eigenvalue weighted by molar-refractivity contribution is -0.345. The van der Waals surface area contributed by atoms with Gasteiger partial charge in [0.2, 0.25) is 0 Å². The van der Waals surface area contributed by atoms with Crippen molar-refractivity contribution in [1.82, 2.24) is 0 Å². The monoisotopic (exact) mass is 342 g/mol. The van der Waals surface area contributed by atoms with Gasteiger partial charge in [0.15, 0.2) is 5.83 Å². The maximum absolute atomic E-state index is 13.1. The van der Waals surface area contributed by atoms with Crippen LogP contribution >= 0.6 is 0 Å². The SMILES string of the molecule is CC(=C(F)C(C)(F)C(F)(F)F)C(F)(F)C(F)(F)C(F)(F)F. The van der Waals surface area contributed by atoms with Crippen LogP contribution in [0.5, 0.6) is 0 Å². The van der Waals surface area contributed by atoms with Crippen LogP contribution in [0, 0.1) is 0 Å². The van der Waals surface area contributed by atoms with Crippen molar-refractivity contribution in [1.29, 1.82) is 0 Å². The zero-order valence-corrected chi connectivity index (χ0v) is 10.0. The van der Waals surface area contributed by atoms with E-state index in [9.17, 15) is 52.7 Å². The smallest absolute Gasteiger partial charge is 0.226 e. The van der Waals surface area contributed by atoms with Gasteiger partial charge < -0.3 is 0 Å². The highest BCUT2D eigenvalue weighted by atomic mass is 19.4. The van der Waals surface area contributed by atoms with E-state index in [-0.39, 0.29) is 0 Å². The van der Waals surface area contributed by atoms with Gasteiger partial charge in [0.05, 0.1) is 0 Å². The van der Waals surface area contributed by atoms with Gasteiger partial charge in [-0.15, -0.1) is 0 Å². The zero-order chi connectivity index (χ0) is 17.7. The Morgan fingerprint density at radius 2 is 1.00 bits per heavy atom. The largest absolute Gasteiger partial charge is 0.460 e. The van der Waals surface area contributed by atoms with E-state index in [4.69, 9.17) is 0 Å². The Morgan fingerprint density at radius 3 is 1.24 bits per heavy atom. The molecule has 0 aliphatic rings. The highest BCUT2D eigenvalue weighted by molar-refractivity contribution is 5.26. The number of rotatable bonds is 3. The summed E-state index contributed by atoms with van der Waals surface area (Å²) in [5.74, 6) is -16.8. The molecule has 0 radical (unpaired) electrons. The van der Waals surface area contributed by atoms with Gasteiger partial charge in [-0.05, 0) is 13.8 Å². The number of halogens is 12. The van der Waals surface area contributed by atoms with Crippen molar-refractivity contribution in [2.24, 2.45) is 0 Å². The Morgan fingerprint density at radius 1 is 0.667 bits per heavy atom. The summed E-state index contributed by atoms with van der Waals surface area (Å²) in [6.07, 6.45) is -13.0. The van der Waals surface area contributed by atoms with Crippen molar-refractivity contribution in [3.8, 4) is 0 Å². The molecule has 0 fully saturated rings. The first kappa shape index (κ1) is 19.9. The molecule has 0 saturated carbocycles. The van der Waals surface area contributed by atoms with Gasteiger partial charge in [0, 0.05) is 5.57 Å². The maximum atomic E-state index is 13.1. The molecular weight excluding hydrogens is 336 g/mol. The zero-order valence-electron chi connectivity index (χ0n) is 10.0. The second-order valence-electron chi connectivity index (χ2n) is 4.09. The summed E-state index contributed by atoms with van der Waals surface area (Å²) in [5, 5.41) is 0. The molecule has 1 unspecified atom stereocenters. The van der Waals surface area contributed by atoms with Crippen LogP contribution in [-0.4, -0.2) is 29.9 Å². The van der Waals surface area contributed by atoms with Gasteiger partial charge in [-0.2, -0.15) is 43.9 Å². The van der Waals surface area contributed by atoms with Gasteiger partial charge >= 0.3 is 24.2 Å². The molecule has 0 N–H and O–H groups in total. The summed E-state index contributed by atoms with van der Waals surface area (Å²) >= 11 is 0. The van der Waals surface area contributed by atoms with Gasteiger partial charge in [-0.25, -0.2) is 8.78 Å². The molecule has 0 aliphatic carbocycles. The van der Waals surface area contributed by atoms with Crippen molar-refractivity contribution in [3.63, 3.8) is 0 Å². The predicted molar refractivity (Wildman–Crippen MR) is 45.3 cm³/mol. The van der Waals surface area contributed by atoms with Crippen molar-refractivity contribution in [3.05, 3.63) is 11.4 Å². The highest BCUT2D eigenvalue weighted by Crippen LogP contribution is 2.52. The van der Waals surface area contributed by atoms with E-state index in [1.807, 2.05) is 0 Å². The molecule has 0 heterocycles. The Kier molecular flexibility index (Phi) is 4.71. The third-order valence-corrected chi connectivity index (χ3v) is 2.50. The number of hydrogen-bond donors (Lipinski definition) is 0. The van der Waals surface area contributed by atoms with Crippen LogP contribution in [0.2, 0.25) is 0 Å². The molecule has 0 aliphatic heterocycles. The molecule has 0 rings (SSSR count). The lowest BCUT2D eigenvalue weighted by Gasteiger charge is -2.31. The molecule has 0 aromatic rings. The summed E-state index contributed by atoms with van der Waals surface area (Å²) in [4.78, 5) is 0. The summed E-state index contributed by atoms with van der Waals surface area (Å²) in [7, 11) is 0. The third-order valence-electron chi connectivity index (χ3n) is 2.50. The highest BCUT2D eigenvalue weighted by Gasteiger charge is 2.74. The molecule has 126 valence electrons. The van der Waals surface area contributed by atoms with E-state index in [1.165, 1.54) is 0 Å². The second kappa shape index (κ2) is 4.97. The summed E-state index contributed by atoms with van der Waals surface area (Å²) < 4.78 is 149. The Labute approximate surface area is 109 Å². The molecule has 0 amide bonds. The average Bonchev–Trinajstić information content (AvgIpc) is 2.23. The molecule has 0 nitrogen and oxygen atoms in total. The van der Waals surface area contributed by atoms with E-state index >= 15 is 0 Å². The molecule has 0 bridgehead atoms. The minimum atomic E-state index is -6.89. The predicted octanol–water partition coefficient (Wildman–Crippen LogP) is 5.35. The molecule has 0 saturated heterocycles. The Balaban J connectivity index is 6.13. The van der Waals surface area contributed by atoms with Crippen molar-refractivity contribution in [2.45, 2.75) is 43.7 Å². The topological polar surface area (TPSA) is 0 Å². The van der Waals surface area contributed by atoms with E-state index < -0.39 is 55.1 Å². The van der Waals surface area contributed by atoms with E-state index in [1.54, 1.807) is 0 Å². The standard InChI is InChI=1S/C9H6F12/c1-3(4(10)5(2,11)8(16,17)18)6(12,13)7(14,15)9(19,20)21/h1-2H3. The summed E-state index contributed by atoms with van der Waals surface area (Å²) in [6.45, 7) is -1.12. The van der Waals surface area contributed by atoms with Crippen LogP contribution in [0.1, 0.15) is 13.8 Å². The van der Waals surface area contributed by atoms with Crippen LogP contribution in [-0.2, 0) is 0 Å². The normalized spacial score (nSPS) is 19.1. The van der Waals surface area contributed by atoms with Crippen molar-refractivity contribution >= 4 is 0 Å². The van der Waals surface area contributed by atoms with Gasteiger partial charge in [0.1, 0.15) is 0 Å². The lowest BCUT2D eigenvalue weighted by atomic mass is 9.95. The quantitative estimate of drug-likeness (QED) is 0.606. The average molecular weight is 342 g/mol. The summed E-state index contributed by atoms with van der Waals surface area (Å²) in [5.41, 5.74) is -8.16. The molecular formula is C9H6F12. The molecule has 21 heavy (non-hydrogen) atoms. The Hall–Kier alpha value is -1.10. The number of hydrogen-bond acceptors (Lipinski definition) is 0. The second-order valence-corrected chi connectivity index (χ2v) is 4.09. The van der Waals surface area contributed by atoms with Crippen LogP contribution in [0.25, 0.3) is 0 Å². The van der Waals surface area contributed by atoms with Gasteiger partial charge in [-0.3, -0.25) is 0 Å². The molecule has 0 aromatic carbocycles. The lowest BCUT2D eigenvalue weighted by Crippen LogP contribution is -2.53. The first-order valence-corrected chi connectivity index (χ1v) is 4.77. The molecule has 0 spiro atoms. The van der Waals surface area contributed by atoms with Crippen LogP contribution < -0.4 is 0 Å². The van der Waals surface area contributed by atoms with Crippen LogP contribution in [0.4, 0.5) is 52.7 Å². The molecule has 1 atom stereocenters. The minimum Gasteiger partial charge on any atom is -0.226 e. The first-order valence-electron chi connectivity index (χ1n) is 4.77. The fraction of sp³-hybridized carbons (Fsp3) is 0.778. The molecule has 0 aromatic heterocycles. The minimum absolute atomic E-state index is 0.488. The first-order chi connectivity index (χ1) is 8.82. The van der Waals surface area contributed by atoms with E-state index in [2.05, 4.69) is 0 Å². The number of allylic oxidation sites excluding steroid dienone is 2. The molecule has 12 heteroatoms. The fourth-order valence-corrected chi connectivity index (χ4v) is 1.03. The van der Waals surface area contributed by atoms with Gasteiger partial charge in [-0.1, -0.05) is 0 Å². The van der Waals surface area contributed by atoms with Crippen LogP contribution in [0.15, 0.2) is 11.4 Å². The van der Waals surface area contributed by atoms with Crippen LogP contribution in [0.3, 0.4) is 0 Å². The van der Waals surface area contributed by atoms with E-state index in [0.717, 1.165) is 0 Å². The fourth-order valence-electron chi connectivity index (χ4n) is 1.03. The van der Waals surface area contributed by atoms with E-state index in [0.29, 0.717) is 0 Å². The maximum Gasteiger partial charge on any atom is 0.460 e. The van der Waals surface area contributed by atoms with Gasteiger partial charge in [0.25, 0.3) is 5.67 Å². The Bertz CT molecular complexity index is 421. The summed E-state index contributed by atoms with van der Waals surface area (Å²) in [6, 6.07) is 0. The third kappa shape index (κ3) is 3.07. The number of alkyl halides is 11. The van der Waals surface area contributed by atoms with Crippen molar-refractivity contribution in [2.75, 3.05) is 0 Å². The van der Waals surface area contributed by atoms with Crippen molar-refractivity contribution < 1.29 is 52.7 Å².